The van der Waals surface area contributed by atoms with Gasteiger partial charge in [0, 0.05) is 33.8 Å². The van der Waals surface area contributed by atoms with E-state index in [1.165, 1.54) is 0 Å². The summed E-state index contributed by atoms with van der Waals surface area (Å²) < 4.78 is 6.15. The van der Waals surface area contributed by atoms with E-state index in [0.717, 1.165) is 78.4 Å². The highest BCUT2D eigenvalue weighted by Gasteiger charge is 2.20. The van der Waals surface area contributed by atoms with Crippen LogP contribution in [0.4, 0.5) is 17.1 Å². The summed E-state index contributed by atoms with van der Waals surface area (Å²) in [7, 11) is 0. The number of aromatic nitrogens is 3. The molecule has 46 heavy (non-hydrogen) atoms. The van der Waals surface area contributed by atoms with Crippen LogP contribution in [0, 0.1) is 13.8 Å². The molecule has 0 fully saturated rings. The van der Waals surface area contributed by atoms with Crippen LogP contribution in [-0.2, 0) is 0 Å². The van der Waals surface area contributed by atoms with E-state index >= 15 is 0 Å². The van der Waals surface area contributed by atoms with Gasteiger partial charge in [0.2, 0.25) is 5.89 Å². The molecular formula is C41H30N4O. The smallest absolute Gasteiger partial charge is 0.227 e. The monoisotopic (exact) mass is 594 g/mol. The summed E-state index contributed by atoms with van der Waals surface area (Å²) in [5.41, 5.74) is 13.6. The van der Waals surface area contributed by atoms with Gasteiger partial charge in [-0.15, -0.1) is 0 Å². The number of nitrogens with zero attached hydrogens (tertiary/aromatic N) is 4. The summed E-state index contributed by atoms with van der Waals surface area (Å²) in [6.07, 6.45) is 0. The van der Waals surface area contributed by atoms with Crippen LogP contribution in [0.3, 0.4) is 0 Å². The lowest BCUT2D eigenvalue weighted by molar-refractivity contribution is 0.619. The standard InChI is InChI=1S/C41H30N4O/c1-27-26-37(28(2)25-33(27)41-44-36-19-11-12-20-38(36)46-41)45(31-15-7-4-8-16-31)32-23-21-30(22-24-32)40-39(29-13-5-3-6-14-29)42-34-17-9-10-18-35(34)43-40/h3-26H,1-2H3. The van der Waals surface area contributed by atoms with E-state index in [0.29, 0.717) is 5.89 Å². The van der Waals surface area contributed by atoms with Crippen LogP contribution in [0.5, 0.6) is 0 Å². The number of benzene rings is 6. The van der Waals surface area contributed by atoms with Crippen molar-refractivity contribution in [2.24, 2.45) is 0 Å². The van der Waals surface area contributed by atoms with Gasteiger partial charge in [0.1, 0.15) is 5.52 Å². The Labute approximate surface area is 267 Å². The lowest BCUT2D eigenvalue weighted by Gasteiger charge is -2.28. The van der Waals surface area contributed by atoms with Crippen molar-refractivity contribution >= 4 is 39.2 Å². The number of oxazole rings is 1. The first-order valence-corrected chi connectivity index (χ1v) is 15.4. The van der Waals surface area contributed by atoms with Crippen molar-refractivity contribution in [3.8, 4) is 34.0 Å². The summed E-state index contributed by atoms with van der Waals surface area (Å²) in [5.74, 6) is 0.634. The van der Waals surface area contributed by atoms with Gasteiger partial charge in [-0.3, -0.25) is 0 Å². The molecular weight excluding hydrogens is 564 g/mol. The zero-order valence-electron chi connectivity index (χ0n) is 25.6. The predicted molar refractivity (Wildman–Crippen MR) is 188 cm³/mol. The Kier molecular flexibility index (Phi) is 6.84. The Morgan fingerprint density at radius 1 is 0.478 bits per heavy atom. The molecule has 8 rings (SSSR count). The molecule has 220 valence electrons. The van der Waals surface area contributed by atoms with Gasteiger partial charge in [0.05, 0.1) is 22.4 Å². The van der Waals surface area contributed by atoms with E-state index in [9.17, 15) is 0 Å². The highest BCUT2D eigenvalue weighted by molar-refractivity contribution is 5.88. The van der Waals surface area contributed by atoms with E-state index in [2.05, 4.69) is 91.5 Å². The van der Waals surface area contributed by atoms with Crippen LogP contribution in [0.2, 0.25) is 0 Å². The van der Waals surface area contributed by atoms with Crippen LogP contribution in [0.15, 0.2) is 150 Å². The van der Waals surface area contributed by atoms with Gasteiger partial charge in [0.25, 0.3) is 0 Å². The third kappa shape index (κ3) is 4.98. The Morgan fingerprint density at radius 2 is 1.02 bits per heavy atom. The van der Waals surface area contributed by atoms with Crippen LogP contribution in [0.1, 0.15) is 11.1 Å². The highest BCUT2D eigenvalue weighted by Crippen LogP contribution is 2.41. The predicted octanol–water partition coefficient (Wildman–Crippen LogP) is 10.9. The number of hydrogen-bond donors (Lipinski definition) is 0. The number of aryl methyl sites for hydroxylation is 2. The lowest BCUT2D eigenvalue weighted by Crippen LogP contribution is -2.12. The van der Waals surface area contributed by atoms with Gasteiger partial charge in [-0.2, -0.15) is 0 Å². The minimum atomic E-state index is 0.634. The average molecular weight is 595 g/mol. The van der Waals surface area contributed by atoms with Crippen LogP contribution < -0.4 is 4.90 Å². The molecule has 6 aromatic carbocycles. The molecule has 0 amide bonds. The second-order valence-electron chi connectivity index (χ2n) is 11.4. The van der Waals surface area contributed by atoms with Gasteiger partial charge in [0.15, 0.2) is 5.58 Å². The van der Waals surface area contributed by atoms with Gasteiger partial charge in [-0.25, -0.2) is 15.0 Å². The van der Waals surface area contributed by atoms with E-state index in [1.54, 1.807) is 0 Å². The number of rotatable bonds is 6. The first-order chi connectivity index (χ1) is 22.6. The molecule has 0 unspecified atom stereocenters. The fourth-order valence-electron chi connectivity index (χ4n) is 6.03. The Hall–Kier alpha value is -6.07. The summed E-state index contributed by atoms with van der Waals surface area (Å²) in [6, 6.07) is 49.7. The molecule has 0 radical (unpaired) electrons. The van der Waals surface area contributed by atoms with Gasteiger partial charge in [-0.1, -0.05) is 84.9 Å². The molecule has 0 spiro atoms. The molecule has 0 N–H and O–H groups in total. The van der Waals surface area contributed by atoms with Crippen molar-refractivity contribution in [2.45, 2.75) is 13.8 Å². The second-order valence-corrected chi connectivity index (χ2v) is 11.4. The Balaban J connectivity index is 1.23. The minimum Gasteiger partial charge on any atom is -0.436 e. The molecule has 0 aliphatic rings. The lowest BCUT2D eigenvalue weighted by atomic mass is 10.0. The summed E-state index contributed by atoms with van der Waals surface area (Å²) >= 11 is 0. The molecule has 5 heteroatoms. The van der Waals surface area contributed by atoms with E-state index < -0.39 is 0 Å². The molecule has 0 aliphatic carbocycles. The maximum atomic E-state index is 6.15. The Morgan fingerprint density at radius 3 is 1.67 bits per heavy atom. The number of anilines is 3. The minimum absolute atomic E-state index is 0.634. The van der Waals surface area contributed by atoms with Gasteiger partial charge < -0.3 is 9.32 Å². The Bertz CT molecular complexity index is 2300. The van der Waals surface area contributed by atoms with Crippen LogP contribution >= 0.6 is 0 Å². The zero-order chi connectivity index (χ0) is 31.0. The number of hydrogen-bond acceptors (Lipinski definition) is 5. The van der Waals surface area contributed by atoms with Crippen molar-refractivity contribution in [1.29, 1.82) is 0 Å². The third-order valence-corrected chi connectivity index (χ3v) is 8.34. The van der Waals surface area contributed by atoms with E-state index in [-0.39, 0.29) is 0 Å². The fourth-order valence-corrected chi connectivity index (χ4v) is 6.03. The molecule has 0 saturated carbocycles. The van der Waals surface area contributed by atoms with Crippen LogP contribution in [-0.4, -0.2) is 15.0 Å². The maximum Gasteiger partial charge on any atom is 0.227 e. The van der Waals surface area contributed by atoms with Crippen molar-refractivity contribution in [1.82, 2.24) is 15.0 Å². The first kappa shape index (κ1) is 27.5. The highest BCUT2D eigenvalue weighted by atomic mass is 16.3. The molecule has 0 bridgehead atoms. The largest absolute Gasteiger partial charge is 0.436 e. The summed E-state index contributed by atoms with van der Waals surface area (Å²) in [4.78, 5) is 17.2. The van der Waals surface area contributed by atoms with E-state index in [4.69, 9.17) is 19.4 Å². The molecule has 0 aliphatic heterocycles. The third-order valence-electron chi connectivity index (χ3n) is 8.34. The SMILES string of the molecule is Cc1cc(N(c2ccccc2)c2ccc(-c3nc4ccccc4nc3-c3ccccc3)cc2)c(C)cc1-c1nc2ccccc2o1. The molecule has 0 atom stereocenters. The molecule has 2 heterocycles. The second kappa shape index (κ2) is 11.5. The summed E-state index contributed by atoms with van der Waals surface area (Å²) in [6.45, 7) is 4.25. The first-order valence-electron chi connectivity index (χ1n) is 15.4. The van der Waals surface area contributed by atoms with Gasteiger partial charge in [-0.05, 0) is 85.6 Å². The maximum absolute atomic E-state index is 6.15. The van der Waals surface area contributed by atoms with Crippen molar-refractivity contribution < 1.29 is 4.42 Å². The van der Waals surface area contributed by atoms with Crippen molar-refractivity contribution in [3.63, 3.8) is 0 Å². The van der Waals surface area contributed by atoms with E-state index in [1.807, 2.05) is 72.8 Å². The summed E-state index contributed by atoms with van der Waals surface area (Å²) in [5, 5.41) is 0. The zero-order valence-corrected chi connectivity index (χ0v) is 25.6. The fraction of sp³-hybridized carbons (Fsp3) is 0.0488. The normalized spacial score (nSPS) is 11.3. The van der Waals surface area contributed by atoms with Crippen molar-refractivity contribution in [3.05, 3.63) is 157 Å². The molecule has 5 nitrogen and oxygen atoms in total. The van der Waals surface area contributed by atoms with Gasteiger partial charge >= 0.3 is 0 Å². The number of fused-ring (bicyclic) bond motifs is 2. The molecule has 0 saturated heterocycles. The quantitative estimate of drug-likeness (QED) is 0.192. The topological polar surface area (TPSA) is 55.1 Å². The van der Waals surface area contributed by atoms with Crippen molar-refractivity contribution in [2.75, 3.05) is 4.90 Å². The molecule has 8 aromatic rings. The molecule has 2 aromatic heterocycles. The number of para-hydroxylation sites is 5. The van der Waals surface area contributed by atoms with Crippen LogP contribution in [0.25, 0.3) is 56.1 Å². The average Bonchev–Trinajstić information content (AvgIpc) is 3.55.